The molecule has 0 aliphatic carbocycles. The Hall–Kier alpha value is -4.97. The van der Waals surface area contributed by atoms with Crippen molar-refractivity contribution in [3.05, 3.63) is 158 Å². The third-order valence-electron chi connectivity index (χ3n) is 11.5. The van der Waals surface area contributed by atoms with E-state index in [4.69, 9.17) is 14.2 Å². The van der Waals surface area contributed by atoms with Crippen molar-refractivity contribution in [3.8, 4) is 0 Å². The first-order valence-electron chi connectivity index (χ1n) is 29.0. The third kappa shape index (κ3) is 57.8. The van der Waals surface area contributed by atoms with Crippen molar-refractivity contribution in [2.24, 2.45) is 0 Å². The van der Waals surface area contributed by atoms with E-state index in [1.807, 2.05) is 6.08 Å². The van der Waals surface area contributed by atoms with Crippen LogP contribution < -0.4 is 0 Å². The van der Waals surface area contributed by atoms with E-state index >= 15 is 0 Å². The lowest BCUT2D eigenvalue weighted by atomic mass is 10.1. The summed E-state index contributed by atoms with van der Waals surface area (Å²) < 4.78 is 16.7. The topological polar surface area (TPSA) is 78.9 Å². The Morgan fingerprint density at radius 1 is 0.301 bits per heavy atom. The minimum atomic E-state index is -0.852. The van der Waals surface area contributed by atoms with Crippen LogP contribution in [0.1, 0.15) is 226 Å². The van der Waals surface area contributed by atoms with Crippen LogP contribution in [0.25, 0.3) is 0 Å². The zero-order valence-electron chi connectivity index (χ0n) is 46.6. The van der Waals surface area contributed by atoms with Crippen molar-refractivity contribution in [1.82, 2.24) is 0 Å². The van der Waals surface area contributed by atoms with Gasteiger partial charge in [-0.15, -0.1) is 0 Å². The summed E-state index contributed by atoms with van der Waals surface area (Å²) in [6, 6.07) is 0. The van der Waals surface area contributed by atoms with E-state index in [0.29, 0.717) is 6.42 Å². The number of rotatable bonds is 50. The van der Waals surface area contributed by atoms with Crippen LogP contribution in [0.3, 0.4) is 0 Å². The van der Waals surface area contributed by atoms with Crippen molar-refractivity contribution in [3.63, 3.8) is 0 Å². The molecule has 0 amide bonds. The quantitative estimate of drug-likeness (QED) is 0.0261. The maximum absolute atomic E-state index is 12.9. The summed E-state index contributed by atoms with van der Waals surface area (Å²) in [5.74, 6) is -1.14. The van der Waals surface area contributed by atoms with Crippen molar-refractivity contribution < 1.29 is 28.6 Å². The SMILES string of the molecule is CC/C=C\C/C=C\C/C=C\C/C=C\C/C=C\C/C=C\C/C=C\CCCC(=O)OCC(COC(=O)C/C=C\C/C=C\C/C=C\C/C=C\C/C=C\CC)OC(=O)CCCCCCCCC/C=C\CCCCCCCC. The van der Waals surface area contributed by atoms with Gasteiger partial charge in [0.25, 0.3) is 0 Å². The van der Waals surface area contributed by atoms with Gasteiger partial charge in [0.15, 0.2) is 6.10 Å². The van der Waals surface area contributed by atoms with Gasteiger partial charge in [-0.25, -0.2) is 0 Å². The Bertz CT molecular complexity index is 1670. The highest BCUT2D eigenvalue weighted by molar-refractivity contribution is 5.72. The van der Waals surface area contributed by atoms with E-state index in [0.717, 1.165) is 103 Å². The summed E-state index contributed by atoms with van der Waals surface area (Å²) in [5, 5.41) is 0. The van der Waals surface area contributed by atoms with Gasteiger partial charge in [-0.05, 0) is 122 Å². The molecule has 0 heterocycles. The number of unbranched alkanes of at least 4 members (excludes halogenated alkanes) is 14. The van der Waals surface area contributed by atoms with Crippen LogP contribution in [0, 0.1) is 0 Å². The van der Waals surface area contributed by atoms with Gasteiger partial charge in [0, 0.05) is 12.8 Å². The second-order valence-corrected chi connectivity index (χ2v) is 18.4. The van der Waals surface area contributed by atoms with Crippen LogP contribution in [-0.2, 0) is 28.6 Å². The molecule has 0 aromatic carbocycles. The molecule has 0 radical (unpaired) electrons. The highest BCUT2D eigenvalue weighted by Crippen LogP contribution is 2.13. The number of carbonyl (C=O) groups excluding carboxylic acids is 3. The number of carbonyl (C=O) groups is 3. The number of hydrogen-bond donors (Lipinski definition) is 0. The molecule has 0 bridgehead atoms. The molecular weight excluding hydrogens is 901 g/mol. The zero-order valence-corrected chi connectivity index (χ0v) is 46.6. The van der Waals surface area contributed by atoms with E-state index in [9.17, 15) is 14.4 Å². The summed E-state index contributed by atoms with van der Waals surface area (Å²) in [4.78, 5) is 38.1. The molecule has 0 aliphatic rings. The van der Waals surface area contributed by atoms with Crippen LogP contribution in [0.5, 0.6) is 0 Å². The molecule has 6 nitrogen and oxygen atoms in total. The van der Waals surface area contributed by atoms with Crippen molar-refractivity contribution in [1.29, 1.82) is 0 Å². The molecule has 1 atom stereocenters. The van der Waals surface area contributed by atoms with E-state index in [2.05, 4.69) is 167 Å². The lowest BCUT2D eigenvalue weighted by molar-refractivity contribution is -0.166. The number of hydrogen-bond acceptors (Lipinski definition) is 6. The lowest BCUT2D eigenvalue weighted by Crippen LogP contribution is -2.30. The maximum atomic E-state index is 12.9. The predicted octanol–water partition coefficient (Wildman–Crippen LogP) is 19.8. The van der Waals surface area contributed by atoms with Crippen molar-refractivity contribution >= 4 is 17.9 Å². The number of ether oxygens (including phenoxy) is 3. The lowest BCUT2D eigenvalue weighted by Gasteiger charge is -2.18. The van der Waals surface area contributed by atoms with Crippen LogP contribution >= 0.6 is 0 Å². The van der Waals surface area contributed by atoms with Crippen LogP contribution in [0.4, 0.5) is 0 Å². The molecule has 0 aliphatic heterocycles. The predicted molar refractivity (Wildman–Crippen MR) is 315 cm³/mol. The highest BCUT2D eigenvalue weighted by atomic mass is 16.6. The first kappa shape index (κ1) is 68.0. The van der Waals surface area contributed by atoms with Crippen LogP contribution in [-0.4, -0.2) is 37.2 Å². The molecule has 0 N–H and O–H groups in total. The fourth-order valence-electron chi connectivity index (χ4n) is 7.26. The molecule has 0 spiro atoms. The first-order chi connectivity index (χ1) is 36.0. The molecule has 0 aromatic rings. The van der Waals surface area contributed by atoms with Crippen LogP contribution in [0.15, 0.2) is 158 Å². The molecule has 408 valence electrons. The second kappa shape index (κ2) is 59.6. The monoisotopic (exact) mass is 1000 g/mol. The van der Waals surface area contributed by atoms with E-state index in [1.54, 1.807) is 6.08 Å². The standard InChI is InChI=1S/C67H104O6/c1-4-7-10-13-16-19-22-25-28-30-31-32-33-34-35-37-39-42-45-48-51-54-57-60-66(69)72-63-64(62-71-65(68)59-56-53-50-47-44-41-38-27-24-21-18-15-12-9-6-3)73-67(70)61-58-55-52-49-46-43-40-36-29-26-23-20-17-14-11-8-5-2/h7,9-10,12,16,18-19,21,25-29,31-32,34-35,38-39,42,44,47-48,51,53,56,64H,4-6,8,11,13-15,17,20,22-24,30,33,36-37,40-41,43,45-46,49-50,52,54-55,57-63H2,1-3H3/b10-7-,12-9-,19-16-,21-18-,28-25-,29-26-,32-31-,35-34-,38-27-,42-39-,47-44-,51-48-,56-53-. The minimum Gasteiger partial charge on any atom is -0.462 e. The molecule has 0 aromatic heterocycles. The Morgan fingerprint density at radius 3 is 1.01 bits per heavy atom. The summed E-state index contributed by atoms with van der Waals surface area (Å²) in [6.45, 7) is 6.25. The summed E-state index contributed by atoms with van der Waals surface area (Å²) in [6.07, 6.45) is 86.9. The average Bonchev–Trinajstić information content (AvgIpc) is 3.39. The van der Waals surface area contributed by atoms with Gasteiger partial charge in [0.2, 0.25) is 0 Å². The maximum Gasteiger partial charge on any atom is 0.309 e. The second-order valence-electron chi connectivity index (χ2n) is 18.4. The Morgan fingerprint density at radius 2 is 0.603 bits per heavy atom. The summed E-state index contributed by atoms with van der Waals surface area (Å²) in [5.41, 5.74) is 0. The van der Waals surface area contributed by atoms with Gasteiger partial charge in [0.1, 0.15) is 13.2 Å². The molecule has 6 heteroatoms. The normalized spacial score (nSPS) is 13.3. The van der Waals surface area contributed by atoms with Crippen molar-refractivity contribution in [2.45, 2.75) is 232 Å². The van der Waals surface area contributed by atoms with E-state index in [1.165, 1.54) is 77.0 Å². The molecule has 0 saturated heterocycles. The Balaban J connectivity index is 4.60. The smallest absolute Gasteiger partial charge is 0.309 e. The molecule has 0 rings (SSSR count). The zero-order chi connectivity index (χ0) is 52.9. The average molecular weight is 1010 g/mol. The van der Waals surface area contributed by atoms with Gasteiger partial charge in [-0.1, -0.05) is 243 Å². The van der Waals surface area contributed by atoms with Gasteiger partial charge < -0.3 is 14.2 Å². The largest absolute Gasteiger partial charge is 0.462 e. The number of esters is 3. The van der Waals surface area contributed by atoms with Crippen LogP contribution in [0.2, 0.25) is 0 Å². The fourth-order valence-corrected chi connectivity index (χ4v) is 7.26. The molecule has 0 fully saturated rings. The number of allylic oxidation sites excluding steroid dienone is 25. The minimum absolute atomic E-state index is 0.109. The summed E-state index contributed by atoms with van der Waals surface area (Å²) >= 11 is 0. The Kier molecular flexibility index (Phi) is 55.5. The van der Waals surface area contributed by atoms with E-state index in [-0.39, 0.29) is 44.4 Å². The highest BCUT2D eigenvalue weighted by Gasteiger charge is 2.19. The Labute approximate surface area is 448 Å². The third-order valence-corrected chi connectivity index (χ3v) is 11.5. The van der Waals surface area contributed by atoms with Gasteiger partial charge in [0.05, 0.1) is 6.42 Å². The van der Waals surface area contributed by atoms with E-state index < -0.39 is 12.1 Å². The first-order valence-corrected chi connectivity index (χ1v) is 29.0. The van der Waals surface area contributed by atoms with Gasteiger partial charge >= 0.3 is 17.9 Å². The van der Waals surface area contributed by atoms with Gasteiger partial charge in [-0.3, -0.25) is 14.4 Å². The van der Waals surface area contributed by atoms with Crippen molar-refractivity contribution in [2.75, 3.05) is 13.2 Å². The van der Waals surface area contributed by atoms with Gasteiger partial charge in [-0.2, -0.15) is 0 Å². The summed E-state index contributed by atoms with van der Waals surface area (Å²) in [7, 11) is 0. The molecular formula is C67H104O6. The molecule has 0 saturated carbocycles. The molecule has 1 unspecified atom stereocenters. The molecule has 73 heavy (non-hydrogen) atoms. The fraction of sp³-hybridized carbons (Fsp3) is 0.567.